The molecule has 4 heteroatoms. The summed E-state index contributed by atoms with van der Waals surface area (Å²) in [5, 5.41) is 0. The summed E-state index contributed by atoms with van der Waals surface area (Å²) >= 11 is 1.86. The maximum atomic E-state index is 5.75. The number of aryl methyl sites for hydroxylation is 1. The molecule has 0 N–H and O–H groups in total. The van der Waals surface area contributed by atoms with E-state index in [1.54, 1.807) is 7.11 Å². The van der Waals surface area contributed by atoms with Gasteiger partial charge in [0.15, 0.2) is 0 Å². The molecule has 0 saturated heterocycles. The molecule has 11 aromatic rings. The summed E-state index contributed by atoms with van der Waals surface area (Å²) in [6.45, 7) is 2.11. The molecular weight excluding hydrogens is 869 g/mol. The normalized spacial score (nSPS) is 11.0. The minimum Gasteiger partial charge on any atom is -0.497 e. The Balaban J connectivity index is 1.06. The van der Waals surface area contributed by atoms with Gasteiger partial charge in [0.1, 0.15) is 5.75 Å². The van der Waals surface area contributed by atoms with E-state index in [0.29, 0.717) is 0 Å². The number of rotatable bonds is 13. The fourth-order valence-electron chi connectivity index (χ4n) is 9.53. The van der Waals surface area contributed by atoms with Crippen LogP contribution < -0.4 is 14.5 Å². The van der Waals surface area contributed by atoms with Crippen LogP contribution in [0.1, 0.15) is 5.56 Å². The molecule has 0 amide bonds. The Hall–Kier alpha value is -8.70. The second-order valence-corrected chi connectivity index (χ2v) is 18.4. The molecule has 0 saturated carbocycles. The zero-order valence-corrected chi connectivity index (χ0v) is 39.9. The first kappa shape index (κ1) is 43.8. The van der Waals surface area contributed by atoms with E-state index in [2.05, 4.69) is 284 Å². The van der Waals surface area contributed by atoms with Crippen LogP contribution in [0.15, 0.2) is 267 Å². The first-order valence-electron chi connectivity index (χ1n) is 23.7. The molecule has 10 aromatic carbocycles. The Morgan fingerprint density at radius 3 is 1.31 bits per heavy atom. The molecule has 1 heterocycles. The number of para-hydroxylation sites is 2. The lowest BCUT2D eigenvalue weighted by Crippen LogP contribution is -2.11. The van der Waals surface area contributed by atoms with Gasteiger partial charge in [-0.25, -0.2) is 0 Å². The van der Waals surface area contributed by atoms with Crippen LogP contribution in [0.2, 0.25) is 0 Å². The molecule has 0 aliphatic carbocycles. The van der Waals surface area contributed by atoms with Gasteiger partial charge in [0, 0.05) is 55.3 Å². The number of hydrogen-bond acceptors (Lipinski definition) is 4. The first-order chi connectivity index (χ1) is 34.6. The Kier molecular flexibility index (Phi) is 12.4. The molecule has 0 aliphatic rings. The molecule has 3 nitrogen and oxygen atoms in total. The third-order valence-electron chi connectivity index (χ3n) is 12.8. The average Bonchev–Trinajstić information content (AvgIpc) is 3.84. The van der Waals surface area contributed by atoms with E-state index in [1.165, 1.54) is 48.7 Å². The van der Waals surface area contributed by atoms with Gasteiger partial charge in [0.05, 0.1) is 18.5 Å². The number of anilines is 6. The van der Waals surface area contributed by atoms with E-state index < -0.39 is 0 Å². The van der Waals surface area contributed by atoms with Crippen LogP contribution in [0.5, 0.6) is 5.75 Å². The van der Waals surface area contributed by atoms with Gasteiger partial charge in [-0.15, -0.1) is 11.3 Å². The summed E-state index contributed by atoms with van der Waals surface area (Å²) in [4.78, 5) is 7.14. The highest BCUT2D eigenvalue weighted by molar-refractivity contribution is 7.20. The summed E-state index contributed by atoms with van der Waals surface area (Å²) < 4.78 is 5.75. The first-order valence-corrected chi connectivity index (χ1v) is 24.5. The van der Waals surface area contributed by atoms with Crippen LogP contribution in [0.25, 0.3) is 65.4 Å². The number of ether oxygens (including phenoxy) is 1. The molecule has 0 bridgehead atoms. The van der Waals surface area contributed by atoms with Crippen LogP contribution in [-0.2, 0) is 0 Å². The van der Waals surface area contributed by atoms with Crippen LogP contribution in [0.3, 0.4) is 0 Å². The third kappa shape index (κ3) is 8.92. The van der Waals surface area contributed by atoms with E-state index >= 15 is 0 Å². The smallest absolute Gasteiger partial charge is 0.121 e. The highest BCUT2D eigenvalue weighted by Crippen LogP contribution is 2.53. The Bertz CT molecular complexity index is 3500. The van der Waals surface area contributed by atoms with Crippen molar-refractivity contribution >= 4 is 45.5 Å². The quantitative estimate of drug-likeness (QED) is 0.115. The molecule has 0 unspecified atom stereocenters. The second kappa shape index (κ2) is 19.9. The van der Waals surface area contributed by atoms with Crippen molar-refractivity contribution in [3.05, 3.63) is 272 Å². The highest BCUT2D eigenvalue weighted by atomic mass is 32.1. The van der Waals surface area contributed by atoms with E-state index in [9.17, 15) is 0 Å². The van der Waals surface area contributed by atoms with Crippen molar-refractivity contribution in [2.75, 3.05) is 16.9 Å². The summed E-state index contributed by atoms with van der Waals surface area (Å²) in [5.74, 6) is 0.828. The molecular formula is C66H50N2OS. The largest absolute Gasteiger partial charge is 0.497 e. The fraction of sp³-hybridized carbons (Fsp3) is 0.0303. The molecule has 11 rings (SSSR count). The summed E-state index contributed by atoms with van der Waals surface area (Å²) in [5.41, 5.74) is 19.4. The number of nitrogens with zero attached hydrogens (tertiary/aromatic N) is 2. The number of hydrogen-bond donors (Lipinski definition) is 0. The highest BCUT2D eigenvalue weighted by Gasteiger charge is 2.25. The van der Waals surface area contributed by atoms with Crippen molar-refractivity contribution in [3.63, 3.8) is 0 Å². The lowest BCUT2D eigenvalue weighted by Gasteiger charge is -2.28. The van der Waals surface area contributed by atoms with Gasteiger partial charge in [0.25, 0.3) is 0 Å². The Morgan fingerprint density at radius 1 is 0.314 bits per heavy atom. The van der Waals surface area contributed by atoms with Gasteiger partial charge in [-0.2, -0.15) is 0 Å². The monoisotopic (exact) mass is 918 g/mol. The minimum atomic E-state index is 0.828. The van der Waals surface area contributed by atoms with Crippen LogP contribution in [-0.4, -0.2) is 7.11 Å². The molecule has 70 heavy (non-hydrogen) atoms. The lowest BCUT2D eigenvalue weighted by molar-refractivity contribution is 0.414. The average molecular weight is 919 g/mol. The van der Waals surface area contributed by atoms with Gasteiger partial charge >= 0.3 is 0 Å². The van der Waals surface area contributed by atoms with E-state index in [4.69, 9.17) is 4.74 Å². The maximum absolute atomic E-state index is 5.75. The predicted octanol–water partition coefficient (Wildman–Crippen LogP) is 19.0. The lowest BCUT2D eigenvalue weighted by atomic mass is 9.91. The van der Waals surface area contributed by atoms with Crippen molar-refractivity contribution in [3.8, 4) is 71.1 Å². The second-order valence-electron chi connectivity index (χ2n) is 17.4. The molecule has 0 aliphatic heterocycles. The van der Waals surface area contributed by atoms with Crippen molar-refractivity contribution in [1.29, 1.82) is 0 Å². The van der Waals surface area contributed by atoms with E-state index in [0.717, 1.165) is 62.1 Å². The van der Waals surface area contributed by atoms with Gasteiger partial charge < -0.3 is 14.5 Å². The van der Waals surface area contributed by atoms with Crippen molar-refractivity contribution < 1.29 is 4.74 Å². The number of methoxy groups -OCH3 is 1. The standard InChI is InChI=1S/C66H50N2OS/c1-47-43-59(46-60(44-47)69-2)67(55-30-16-7-17-31-55)56-39-35-52(36-40-56)65-63(50-25-12-5-13-26-50)64(51-27-14-6-15-28-51)66(70-65)53-37-41-57(42-38-53)68(58-32-20-29-54(45-58)48-21-8-3-9-22-48)62-34-19-18-33-61(62)49-23-10-4-11-24-49/h3-46H,1-2H3. The molecule has 0 fully saturated rings. The fourth-order valence-corrected chi connectivity index (χ4v) is 10.9. The van der Waals surface area contributed by atoms with Gasteiger partial charge in [-0.3, -0.25) is 0 Å². The van der Waals surface area contributed by atoms with Crippen LogP contribution >= 0.6 is 11.3 Å². The van der Waals surface area contributed by atoms with Gasteiger partial charge in [-0.05, 0) is 118 Å². The molecule has 336 valence electrons. The van der Waals surface area contributed by atoms with Crippen molar-refractivity contribution in [2.45, 2.75) is 6.92 Å². The summed E-state index contributed by atoms with van der Waals surface area (Å²) in [7, 11) is 1.73. The topological polar surface area (TPSA) is 15.7 Å². The predicted molar refractivity (Wildman–Crippen MR) is 298 cm³/mol. The van der Waals surface area contributed by atoms with E-state index in [-0.39, 0.29) is 0 Å². The maximum Gasteiger partial charge on any atom is 0.121 e. The number of benzene rings is 10. The molecule has 1 aromatic heterocycles. The number of thiophene rings is 1. The SMILES string of the molecule is COc1cc(C)cc(N(c2ccccc2)c2ccc(-c3sc(-c4ccc(N(c5cccc(-c6ccccc6)c5)c5ccccc5-c5ccccc5)cc4)c(-c4ccccc4)c3-c3ccccc3)cc2)c1. The molecule has 0 radical (unpaired) electrons. The molecule has 0 spiro atoms. The zero-order chi connectivity index (χ0) is 47.2. The summed E-state index contributed by atoms with van der Waals surface area (Å²) in [6.07, 6.45) is 0. The van der Waals surface area contributed by atoms with Crippen LogP contribution in [0.4, 0.5) is 34.1 Å². The van der Waals surface area contributed by atoms with Crippen molar-refractivity contribution in [2.24, 2.45) is 0 Å². The minimum absolute atomic E-state index is 0.828. The van der Waals surface area contributed by atoms with Gasteiger partial charge in [-0.1, -0.05) is 194 Å². The van der Waals surface area contributed by atoms with Crippen molar-refractivity contribution in [1.82, 2.24) is 0 Å². The third-order valence-corrected chi connectivity index (χ3v) is 14.1. The Labute approximate surface area is 415 Å². The van der Waals surface area contributed by atoms with E-state index in [1.807, 2.05) is 11.3 Å². The summed E-state index contributed by atoms with van der Waals surface area (Å²) in [6, 6.07) is 95.9. The van der Waals surface area contributed by atoms with Crippen LogP contribution in [0, 0.1) is 6.92 Å². The Morgan fingerprint density at radius 2 is 0.757 bits per heavy atom. The molecule has 0 atom stereocenters. The zero-order valence-electron chi connectivity index (χ0n) is 39.1. The van der Waals surface area contributed by atoms with Gasteiger partial charge in [0.2, 0.25) is 0 Å².